The zero-order chi connectivity index (χ0) is 31.0. The van der Waals surface area contributed by atoms with Gasteiger partial charge in [-0.3, -0.25) is 32.4 Å². The van der Waals surface area contributed by atoms with Gasteiger partial charge in [0.05, 0.1) is 31.6 Å². The molecule has 8 atom stereocenters. The predicted octanol–water partition coefficient (Wildman–Crippen LogP) is -1.00. The number of phosphoric acid groups is 2. The standard InChI is InChI=1S/C21H23N9O12P2/c22-17-11-18(24-4-23-17)30(7-27-11)21-14(32)16-10(40-21)3-39-44(36,37)41-15-9(1-8(13(15)31)2-38-43(34,35)42-16)29-6-28-12-19(29)25-5-26-20(12)33/h4-8,10,13-14,16,21,31-32H,1-3H2,(H,34,35)(H,36,37)(H2,22,23,24)(H,25,26,33)/t8-,10-,13?,14?,16?,21-/m1/s1. The van der Waals surface area contributed by atoms with Crippen molar-refractivity contribution in [3.8, 4) is 0 Å². The Kier molecular flexibility index (Phi) is 6.94. The lowest BCUT2D eigenvalue weighted by molar-refractivity contribution is -0.0508. The smallest absolute Gasteiger partial charge is 0.404 e. The fourth-order valence-corrected chi connectivity index (χ4v) is 7.18. The molecule has 4 aromatic heterocycles. The third kappa shape index (κ3) is 4.92. The van der Waals surface area contributed by atoms with Gasteiger partial charge in [-0.15, -0.1) is 0 Å². The Labute approximate surface area is 244 Å². The van der Waals surface area contributed by atoms with Crippen molar-refractivity contribution in [1.29, 1.82) is 0 Å². The van der Waals surface area contributed by atoms with Gasteiger partial charge in [0, 0.05) is 5.92 Å². The van der Waals surface area contributed by atoms with Gasteiger partial charge in [-0.2, -0.15) is 0 Å². The highest BCUT2D eigenvalue weighted by atomic mass is 31.2. The summed E-state index contributed by atoms with van der Waals surface area (Å²) in [5.74, 6) is -1.41. The minimum Gasteiger partial charge on any atom is -0.404 e. The number of imidazole rings is 2. The topological polar surface area (TPSA) is 294 Å². The summed E-state index contributed by atoms with van der Waals surface area (Å²) < 4.78 is 55.6. The number of hydrogen-bond acceptors (Lipinski definition) is 16. The monoisotopic (exact) mass is 655 g/mol. The molecule has 4 aromatic rings. The number of phosphoric ester groups is 2. The summed E-state index contributed by atoms with van der Waals surface area (Å²) in [6.45, 7) is -1.41. The average Bonchev–Trinajstić information content (AvgIpc) is 3.73. The van der Waals surface area contributed by atoms with Crippen LogP contribution in [0.3, 0.4) is 0 Å². The van der Waals surface area contributed by atoms with Gasteiger partial charge in [0.2, 0.25) is 0 Å². The van der Waals surface area contributed by atoms with E-state index in [9.17, 15) is 33.9 Å². The molecule has 6 heterocycles. The van der Waals surface area contributed by atoms with Gasteiger partial charge in [0.25, 0.3) is 5.56 Å². The normalized spacial score (nSPS) is 34.8. The van der Waals surface area contributed by atoms with Crippen molar-refractivity contribution in [2.24, 2.45) is 5.92 Å². The van der Waals surface area contributed by atoms with Gasteiger partial charge in [-0.05, 0) is 6.42 Å². The lowest BCUT2D eigenvalue weighted by atomic mass is 10.1. The number of nitrogens with zero attached hydrogens (tertiary/aromatic N) is 7. The van der Waals surface area contributed by atoms with E-state index in [1.54, 1.807) is 0 Å². The Hall–Kier alpha value is -3.62. The van der Waals surface area contributed by atoms with Gasteiger partial charge >= 0.3 is 15.6 Å². The maximum Gasteiger partial charge on any atom is 0.527 e. The fraction of sp³-hybridized carbons (Fsp3) is 0.429. The van der Waals surface area contributed by atoms with Gasteiger partial charge in [-0.25, -0.2) is 34.0 Å². The van der Waals surface area contributed by atoms with Crippen molar-refractivity contribution >= 4 is 49.5 Å². The Morgan fingerprint density at radius 1 is 0.977 bits per heavy atom. The predicted molar refractivity (Wildman–Crippen MR) is 143 cm³/mol. The number of aliphatic hydroxyl groups is 2. The molecule has 2 saturated heterocycles. The van der Waals surface area contributed by atoms with Crippen molar-refractivity contribution in [2.75, 3.05) is 18.9 Å². The zero-order valence-electron chi connectivity index (χ0n) is 22.1. The van der Waals surface area contributed by atoms with Crippen molar-refractivity contribution in [3.63, 3.8) is 0 Å². The molecular weight excluding hydrogens is 632 g/mol. The number of nitrogens with one attached hydrogen (secondary N) is 1. The fourth-order valence-electron chi connectivity index (χ4n) is 5.33. The molecule has 5 unspecified atom stereocenters. The molecule has 0 amide bonds. The van der Waals surface area contributed by atoms with Crippen molar-refractivity contribution in [1.82, 2.24) is 39.0 Å². The van der Waals surface area contributed by atoms with Crippen LogP contribution in [0.15, 0.2) is 35.9 Å². The molecule has 0 radical (unpaired) electrons. The molecule has 0 aromatic carbocycles. The lowest BCUT2D eigenvalue weighted by Crippen LogP contribution is -2.36. The Bertz CT molecular complexity index is 1960. The molecule has 234 valence electrons. The van der Waals surface area contributed by atoms with E-state index in [0.29, 0.717) is 0 Å². The molecule has 21 nitrogen and oxygen atoms in total. The molecule has 23 heteroatoms. The van der Waals surface area contributed by atoms with E-state index in [0.717, 1.165) is 12.7 Å². The first kappa shape index (κ1) is 29.1. The number of rotatable bonds is 2. The summed E-state index contributed by atoms with van der Waals surface area (Å²) in [6.07, 6.45) is -3.14. The number of aromatic nitrogens is 8. The number of allylic oxidation sites excluding steroid dienone is 1. The van der Waals surface area contributed by atoms with Crippen molar-refractivity contribution in [2.45, 2.75) is 37.1 Å². The van der Waals surface area contributed by atoms with E-state index in [1.165, 1.54) is 21.8 Å². The molecule has 2 bridgehead atoms. The number of H-pyrrole nitrogens is 1. The first-order valence-corrected chi connectivity index (χ1v) is 15.8. The summed E-state index contributed by atoms with van der Waals surface area (Å²) >= 11 is 0. The van der Waals surface area contributed by atoms with Crippen LogP contribution in [-0.4, -0.2) is 96.7 Å². The molecule has 2 fully saturated rings. The SMILES string of the molecule is Nc1ncnc2c1ncn2[C@@H]1O[C@@H]2COP(=O)(O)OC3=C(n4cnc5c(=O)[nH]cnc54)C[C@H](COP(=O)(O)OC2C1O)C3O. The summed E-state index contributed by atoms with van der Waals surface area (Å²) in [7, 11) is -10.0. The average molecular weight is 655 g/mol. The summed E-state index contributed by atoms with van der Waals surface area (Å²) in [6, 6.07) is 0. The number of aromatic amines is 1. The van der Waals surface area contributed by atoms with Crippen LogP contribution in [0.5, 0.6) is 0 Å². The minimum absolute atomic E-state index is 0.0471. The number of anilines is 1. The van der Waals surface area contributed by atoms with Crippen LogP contribution in [0.1, 0.15) is 12.6 Å². The van der Waals surface area contributed by atoms with Gasteiger partial charge < -0.3 is 35.1 Å². The van der Waals surface area contributed by atoms with Crippen LogP contribution < -0.4 is 11.3 Å². The molecule has 7 rings (SSSR count). The van der Waals surface area contributed by atoms with Crippen LogP contribution in [0, 0.1) is 5.92 Å². The second kappa shape index (κ2) is 10.5. The number of fused-ring (bicyclic) bond motifs is 5. The molecule has 2 aliphatic heterocycles. The highest BCUT2D eigenvalue weighted by Gasteiger charge is 2.51. The number of nitrogen functional groups attached to an aromatic ring is 1. The maximum atomic E-state index is 13.2. The number of nitrogens with two attached hydrogens (primary N) is 1. The quantitative estimate of drug-likeness (QED) is 0.141. The first-order valence-electron chi connectivity index (χ1n) is 12.8. The Balaban J connectivity index is 1.23. The van der Waals surface area contributed by atoms with E-state index in [4.69, 9.17) is 28.6 Å². The van der Waals surface area contributed by atoms with E-state index >= 15 is 0 Å². The summed E-state index contributed by atoms with van der Waals surface area (Å²) in [5, 5.41) is 22.2. The number of ether oxygens (including phenoxy) is 1. The molecular formula is C21H23N9O12P2. The number of hydrogen-bond donors (Lipinski definition) is 6. The second-order valence-corrected chi connectivity index (χ2v) is 12.9. The zero-order valence-corrected chi connectivity index (χ0v) is 23.8. The maximum absolute atomic E-state index is 13.2. The van der Waals surface area contributed by atoms with Crippen LogP contribution in [0.4, 0.5) is 5.82 Å². The Morgan fingerprint density at radius 3 is 2.57 bits per heavy atom. The number of aliphatic hydroxyl groups excluding tert-OH is 2. The highest BCUT2D eigenvalue weighted by Crippen LogP contribution is 2.54. The van der Waals surface area contributed by atoms with Gasteiger partial charge in [0.15, 0.2) is 34.6 Å². The largest absolute Gasteiger partial charge is 0.527 e. The molecule has 7 N–H and O–H groups in total. The van der Waals surface area contributed by atoms with Gasteiger partial charge in [-0.1, -0.05) is 0 Å². The lowest BCUT2D eigenvalue weighted by Gasteiger charge is -2.24. The van der Waals surface area contributed by atoms with Crippen molar-refractivity contribution < 1.29 is 52.0 Å². The molecule has 44 heavy (non-hydrogen) atoms. The van der Waals surface area contributed by atoms with E-state index < -0.39 is 76.7 Å². The minimum atomic E-state index is -5.06. The van der Waals surface area contributed by atoms with Crippen LogP contribution in [-0.2, 0) is 32.0 Å². The van der Waals surface area contributed by atoms with Crippen molar-refractivity contribution in [3.05, 3.63) is 41.4 Å². The van der Waals surface area contributed by atoms with Crippen LogP contribution in [0.25, 0.3) is 28.0 Å². The first-order chi connectivity index (χ1) is 20.9. The Morgan fingerprint density at radius 2 is 1.75 bits per heavy atom. The molecule has 0 spiro atoms. The molecule has 3 aliphatic rings. The third-order valence-electron chi connectivity index (χ3n) is 7.38. The second-order valence-electron chi connectivity index (χ2n) is 10.1. The van der Waals surface area contributed by atoms with E-state index in [2.05, 4.69) is 29.9 Å². The summed E-state index contributed by atoms with van der Waals surface area (Å²) in [5.41, 5.74) is 5.68. The third-order valence-corrected chi connectivity index (χ3v) is 9.27. The van der Waals surface area contributed by atoms with Crippen LogP contribution >= 0.6 is 15.6 Å². The molecule has 1 aliphatic carbocycles. The molecule has 0 saturated carbocycles. The van der Waals surface area contributed by atoms with Crippen LogP contribution in [0.2, 0.25) is 0 Å². The van der Waals surface area contributed by atoms with E-state index in [1.807, 2.05) is 0 Å². The van der Waals surface area contributed by atoms with Gasteiger partial charge in [0.1, 0.15) is 42.6 Å². The van der Waals surface area contributed by atoms with E-state index in [-0.39, 0.29) is 40.3 Å². The summed E-state index contributed by atoms with van der Waals surface area (Å²) in [4.78, 5) is 56.0. The highest BCUT2D eigenvalue weighted by molar-refractivity contribution is 7.47.